The predicted octanol–water partition coefficient (Wildman–Crippen LogP) is 5.19. The second-order valence-electron chi connectivity index (χ2n) is 5.75. The summed E-state index contributed by atoms with van der Waals surface area (Å²) in [5.41, 5.74) is 9.02. The zero-order valence-corrected chi connectivity index (χ0v) is 14.3. The second kappa shape index (κ2) is 7.66. The molecule has 130 valence electrons. The summed E-state index contributed by atoms with van der Waals surface area (Å²) in [6.45, 7) is 0. The molecule has 2 N–H and O–H groups in total. The summed E-state index contributed by atoms with van der Waals surface area (Å²) in [5, 5.41) is 0. The number of hydrogen-bond donors (Lipinski definition) is 1. The predicted molar refractivity (Wildman–Crippen MR) is 103 cm³/mol. The molecule has 4 heteroatoms. The fourth-order valence-electron chi connectivity index (χ4n) is 2.78. The largest absolute Gasteiger partial charge is 0.465 e. The molecule has 0 spiro atoms. The highest BCUT2D eigenvalue weighted by Crippen LogP contribution is 2.31. The van der Waals surface area contributed by atoms with Gasteiger partial charge in [-0.2, -0.15) is 0 Å². The molecule has 0 atom stereocenters. The molecule has 0 aliphatic heterocycles. The Morgan fingerprint density at radius 3 is 2.42 bits per heavy atom. The average molecular weight is 347 g/mol. The molecule has 0 amide bonds. The lowest BCUT2D eigenvalue weighted by Gasteiger charge is -2.12. The lowest BCUT2D eigenvalue weighted by atomic mass is 9.94. The number of carbonyl (C=O) groups is 1. The van der Waals surface area contributed by atoms with Gasteiger partial charge in [0.2, 0.25) is 0 Å². The van der Waals surface area contributed by atoms with Crippen molar-refractivity contribution in [3.8, 4) is 11.1 Å². The Kier molecular flexibility index (Phi) is 5.13. The molecule has 0 aliphatic rings. The number of benzene rings is 3. The summed E-state index contributed by atoms with van der Waals surface area (Å²) < 4.78 is 19.6. The zero-order chi connectivity index (χ0) is 18.5. The number of carbonyl (C=O) groups excluding carboxylic acids is 1. The maximum Gasteiger partial charge on any atom is 0.339 e. The number of halogens is 1. The molecule has 0 radical (unpaired) electrons. The van der Waals surface area contributed by atoms with Crippen LogP contribution in [0.4, 0.5) is 10.1 Å². The number of anilines is 1. The zero-order valence-electron chi connectivity index (χ0n) is 14.3. The van der Waals surface area contributed by atoms with E-state index in [4.69, 9.17) is 10.5 Å². The topological polar surface area (TPSA) is 52.3 Å². The first-order valence-electron chi connectivity index (χ1n) is 8.10. The number of nitrogen functional groups attached to an aromatic ring is 1. The third kappa shape index (κ3) is 3.64. The van der Waals surface area contributed by atoms with E-state index in [1.165, 1.54) is 13.2 Å². The summed E-state index contributed by atoms with van der Waals surface area (Å²) >= 11 is 0. The maximum absolute atomic E-state index is 14.7. The Hall–Kier alpha value is -3.40. The lowest BCUT2D eigenvalue weighted by Crippen LogP contribution is -2.06. The van der Waals surface area contributed by atoms with Gasteiger partial charge in [-0.25, -0.2) is 9.18 Å². The molecule has 0 aliphatic carbocycles. The van der Waals surface area contributed by atoms with Crippen molar-refractivity contribution in [1.82, 2.24) is 0 Å². The van der Waals surface area contributed by atoms with Crippen LogP contribution in [0.15, 0.2) is 72.8 Å². The normalized spacial score (nSPS) is 11.2. The third-order valence-corrected chi connectivity index (χ3v) is 4.02. The molecule has 0 heterocycles. The van der Waals surface area contributed by atoms with Gasteiger partial charge in [-0.15, -0.1) is 0 Å². The van der Waals surface area contributed by atoms with Crippen LogP contribution < -0.4 is 5.73 Å². The van der Waals surface area contributed by atoms with E-state index >= 15 is 0 Å². The van der Waals surface area contributed by atoms with Gasteiger partial charge in [0.15, 0.2) is 0 Å². The van der Waals surface area contributed by atoms with Crippen LogP contribution >= 0.6 is 0 Å². The Labute approximate surface area is 151 Å². The minimum absolute atomic E-state index is 0.298. The molecule has 26 heavy (non-hydrogen) atoms. The van der Waals surface area contributed by atoms with E-state index in [-0.39, 0.29) is 0 Å². The lowest BCUT2D eigenvalue weighted by molar-refractivity contribution is 0.0601. The maximum atomic E-state index is 14.7. The van der Waals surface area contributed by atoms with Gasteiger partial charge in [0.25, 0.3) is 0 Å². The molecule has 0 unspecified atom stereocenters. The van der Waals surface area contributed by atoms with Crippen molar-refractivity contribution in [2.45, 2.75) is 0 Å². The summed E-state index contributed by atoms with van der Waals surface area (Å²) in [6.07, 6.45) is 1.34. The van der Waals surface area contributed by atoms with Crippen molar-refractivity contribution in [2.75, 3.05) is 12.8 Å². The Bertz CT molecular complexity index is 965. The molecule has 0 saturated carbocycles. The van der Waals surface area contributed by atoms with Crippen molar-refractivity contribution < 1.29 is 13.9 Å². The summed E-state index contributed by atoms with van der Waals surface area (Å²) in [7, 11) is 1.31. The van der Waals surface area contributed by atoms with Crippen LogP contribution in [0.2, 0.25) is 0 Å². The molecular weight excluding hydrogens is 329 g/mol. The van der Waals surface area contributed by atoms with Gasteiger partial charge in [0.1, 0.15) is 5.83 Å². The van der Waals surface area contributed by atoms with Crippen molar-refractivity contribution in [3.05, 3.63) is 89.5 Å². The first-order valence-corrected chi connectivity index (χ1v) is 8.10. The van der Waals surface area contributed by atoms with Gasteiger partial charge < -0.3 is 10.5 Å². The highest BCUT2D eigenvalue weighted by Gasteiger charge is 2.18. The Morgan fingerprint density at radius 2 is 1.73 bits per heavy atom. The van der Waals surface area contributed by atoms with Gasteiger partial charge in [-0.1, -0.05) is 60.7 Å². The minimum atomic E-state index is -0.532. The summed E-state index contributed by atoms with van der Waals surface area (Å²) in [4.78, 5) is 12.4. The fourth-order valence-corrected chi connectivity index (χ4v) is 2.78. The molecule has 3 nitrogen and oxygen atoms in total. The molecule has 3 aromatic rings. The van der Waals surface area contributed by atoms with Crippen LogP contribution in [0.3, 0.4) is 0 Å². The van der Waals surface area contributed by atoms with Crippen LogP contribution in [0.25, 0.3) is 23.0 Å². The van der Waals surface area contributed by atoms with Crippen LogP contribution in [-0.2, 0) is 4.74 Å². The van der Waals surface area contributed by atoms with E-state index < -0.39 is 11.8 Å². The number of nitrogens with two attached hydrogens (primary N) is 1. The highest BCUT2D eigenvalue weighted by molar-refractivity contribution is 6.02. The SMILES string of the molecule is COC(=O)c1c(/C=C(\F)c2ccccc2)cccc1-c1cccc(N)c1. The summed E-state index contributed by atoms with van der Waals surface area (Å²) in [6, 6.07) is 21.1. The quantitative estimate of drug-likeness (QED) is 0.401. The van der Waals surface area contributed by atoms with Gasteiger partial charge in [-0.3, -0.25) is 0 Å². The van der Waals surface area contributed by atoms with E-state index in [2.05, 4.69) is 0 Å². The monoisotopic (exact) mass is 347 g/mol. The van der Waals surface area contributed by atoms with E-state index in [1.54, 1.807) is 60.7 Å². The highest BCUT2D eigenvalue weighted by atomic mass is 19.1. The number of rotatable bonds is 4. The van der Waals surface area contributed by atoms with Gasteiger partial charge in [0.05, 0.1) is 12.7 Å². The van der Waals surface area contributed by atoms with Crippen LogP contribution in [0.5, 0.6) is 0 Å². The molecule has 3 rings (SSSR count). The number of ether oxygens (including phenoxy) is 1. The summed E-state index contributed by atoms with van der Waals surface area (Å²) in [5.74, 6) is -0.962. The minimum Gasteiger partial charge on any atom is -0.465 e. The van der Waals surface area contributed by atoms with Crippen molar-refractivity contribution in [2.24, 2.45) is 0 Å². The van der Waals surface area contributed by atoms with E-state index in [1.807, 2.05) is 12.1 Å². The number of esters is 1. The average Bonchev–Trinajstić information content (AvgIpc) is 2.68. The molecule has 0 aromatic heterocycles. The smallest absolute Gasteiger partial charge is 0.339 e. The van der Waals surface area contributed by atoms with E-state index in [0.29, 0.717) is 27.9 Å². The first kappa shape index (κ1) is 17.4. The van der Waals surface area contributed by atoms with Crippen LogP contribution in [0.1, 0.15) is 21.5 Å². The molecule has 3 aromatic carbocycles. The first-order chi connectivity index (χ1) is 12.6. The fraction of sp³-hybridized carbons (Fsp3) is 0.0455. The van der Waals surface area contributed by atoms with Gasteiger partial charge in [-0.05, 0) is 34.9 Å². The second-order valence-corrected chi connectivity index (χ2v) is 5.75. The third-order valence-electron chi connectivity index (χ3n) is 4.02. The van der Waals surface area contributed by atoms with Crippen LogP contribution in [0, 0.1) is 0 Å². The molecule has 0 bridgehead atoms. The number of methoxy groups -OCH3 is 1. The molecular formula is C22H18FNO2. The van der Waals surface area contributed by atoms with E-state index in [9.17, 15) is 9.18 Å². The van der Waals surface area contributed by atoms with Gasteiger partial charge in [0, 0.05) is 11.3 Å². The Balaban J connectivity index is 2.17. The van der Waals surface area contributed by atoms with Crippen molar-refractivity contribution in [3.63, 3.8) is 0 Å². The number of hydrogen-bond acceptors (Lipinski definition) is 3. The van der Waals surface area contributed by atoms with E-state index in [0.717, 1.165) is 5.56 Å². The standard InChI is InChI=1S/C22H18FNO2/c1-26-22(25)21-17(14-20(23)15-7-3-2-4-8-15)10-6-12-19(21)16-9-5-11-18(24)13-16/h2-14H,24H2,1H3/b20-14-. The Morgan fingerprint density at radius 1 is 1.00 bits per heavy atom. The van der Waals surface area contributed by atoms with Crippen LogP contribution in [-0.4, -0.2) is 13.1 Å². The van der Waals surface area contributed by atoms with Gasteiger partial charge >= 0.3 is 5.97 Å². The molecule has 0 saturated heterocycles. The molecule has 0 fully saturated rings. The van der Waals surface area contributed by atoms with Crippen molar-refractivity contribution >= 4 is 23.6 Å². The van der Waals surface area contributed by atoms with Crippen molar-refractivity contribution in [1.29, 1.82) is 0 Å².